The van der Waals surface area contributed by atoms with Crippen LogP contribution in [0, 0.1) is 0 Å². The first-order valence-electron chi connectivity index (χ1n) is 10.3. The summed E-state index contributed by atoms with van der Waals surface area (Å²) in [4.78, 5) is 26.6. The Morgan fingerprint density at radius 3 is 2.45 bits per heavy atom. The van der Waals surface area contributed by atoms with Crippen LogP contribution in [-0.2, 0) is 19.5 Å². The quantitative estimate of drug-likeness (QED) is 0.545. The third kappa shape index (κ3) is 5.44. The van der Waals surface area contributed by atoms with E-state index in [1.54, 1.807) is 36.1 Å². The van der Waals surface area contributed by atoms with E-state index in [1.807, 2.05) is 0 Å². The summed E-state index contributed by atoms with van der Waals surface area (Å²) in [6.07, 6.45) is -0.609. The molecule has 11 heteroatoms. The minimum absolute atomic E-state index is 0.0434. The van der Waals surface area contributed by atoms with Gasteiger partial charge in [0.1, 0.15) is 0 Å². The van der Waals surface area contributed by atoms with E-state index in [9.17, 15) is 18.0 Å². The standard InChI is InChI=1S/C22H23N3O6S2/c1-2-31-22(27)23-16-3-6-18(7-4-16)33(28,29)24-17-5-8-19-15(13-17)14-20(32-19)21(26)25-9-11-30-12-10-25/h3-8,13-14,24H,2,9-12H2,1H3,(H,23,27). The molecule has 3 aromatic rings. The van der Waals surface area contributed by atoms with Crippen LogP contribution in [0.2, 0.25) is 0 Å². The summed E-state index contributed by atoms with van der Waals surface area (Å²) in [6, 6.07) is 12.7. The van der Waals surface area contributed by atoms with Crippen LogP contribution < -0.4 is 10.0 Å². The lowest BCUT2D eigenvalue weighted by molar-refractivity contribution is 0.0306. The number of thiophene rings is 1. The zero-order valence-corrected chi connectivity index (χ0v) is 19.5. The monoisotopic (exact) mass is 489 g/mol. The third-order valence-corrected chi connectivity index (χ3v) is 7.47. The normalized spacial score (nSPS) is 14.2. The molecular formula is C22H23N3O6S2. The molecule has 0 atom stereocenters. The molecule has 2 heterocycles. The van der Waals surface area contributed by atoms with E-state index in [2.05, 4.69) is 10.0 Å². The van der Waals surface area contributed by atoms with Gasteiger partial charge in [0.05, 0.1) is 29.6 Å². The molecule has 0 radical (unpaired) electrons. The van der Waals surface area contributed by atoms with Crippen LogP contribution in [0.15, 0.2) is 53.4 Å². The second-order valence-corrected chi connectivity index (χ2v) is 10.0. The van der Waals surface area contributed by atoms with Crippen molar-refractivity contribution in [1.82, 2.24) is 4.90 Å². The van der Waals surface area contributed by atoms with Crippen molar-refractivity contribution in [2.24, 2.45) is 0 Å². The Hall–Kier alpha value is -3.15. The smallest absolute Gasteiger partial charge is 0.411 e. The topological polar surface area (TPSA) is 114 Å². The Bertz CT molecular complexity index is 1270. The molecule has 0 saturated carbocycles. The number of sulfonamides is 1. The molecule has 1 aromatic heterocycles. The van der Waals surface area contributed by atoms with Gasteiger partial charge < -0.3 is 14.4 Å². The average Bonchev–Trinajstić information content (AvgIpc) is 3.23. The van der Waals surface area contributed by atoms with Crippen molar-refractivity contribution in [2.45, 2.75) is 11.8 Å². The first kappa shape index (κ1) is 23.0. The highest BCUT2D eigenvalue weighted by molar-refractivity contribution is 7.92. The van der Waals surface area contributed by atoms with Gasteiger partial charge in [-0.3, -0.25) is 14.8 Å². The fourth-order valence-corrected chi connectivity index (χ4v) is 5.41. The summed E-state index contributed by atoms with van der Waals surface area (Å²) in [5.74, 6) is -0.0434. The van der Waals surface area contributed by atoms with Crippen molar-refractivity contribution in [3.8, 4) is 0 Å². The van der Waals surface area contributed by atoms with Gasteiger partial charge in [-0.15, -0.1) is 11.3 Å². The van der Waals surface area contributed by atoms with Crippen LogP contribution in [0.3, 0.4) is 0 Å². The highest BCUT2D eigenvalue weighted by atomic mass is 32.2. The average molecular weight is 490 g/mol. The maximum Gasteiger partial charge on any atom is 0.411 e. The Balaban J connectivity index is 1.48. The molecule has 1 fully saturated rings. The maximum atomic E-state index is 12.8. The molecule has 9 nitrogen and oxygen atoms in total. The summed E-state index contributed by atoms with van der Waals surface area (Å²) in [6.45, 7) is 4.11. The summed E-state index contributed by atoms with van der Waals surface area (Å²) >= 11 is 1.38. The van der Waals surface area contributed by atoms with Crippen molar-refractivity contribution in [3.63, 3.8) is 0 Å². The zero-order valence-electron chi connectivity index (χ0n) is 17.9. The SMILES string of the molecule is CCOC(=O)Nc1ccc(S(=O)(=O)Nc2ccc3sc(C(=O)N4CCOCC4)cc3c2)cc1. The van der Waals surface area contributed by atoms with Crippen molar-refractivity contribution in [1.29, 1.82) is 0 Å². The van der Waals surface area contributed by atoms with Crippen molar-refractivity contribution < 1.29 is 27.5 Å². The molecule has 2 N–H and O–H groups in total. The van der Waals surface area contributed by atoms with E-state index in [-0.39, 0.29) is 17.4 Å². The molecule has 174 valence electrons. The highest BCUT2D eigenvalue weighted by Crippen LogP contribution is 2.30. The summed E-state index contributed by atoms with van der Waals surface area (Å²) < 4.78 is 39.2. The van der Waals surface area contributed by atoms with Gasteiger partial charge in [0.2, 0.25) is 0 Å². The summed E-state index contributed by atoms with van der Waals surface area (Å²) in [5, 5.41) is 3.30. The molecule has 4 rings (SSSR count). The van der Waals surface area contributed by atoms with Crippen molar-refractivity contribution in [2.75, 3.05) is 42.9 Å². The van der Waals surface area contributed by atoms with Gasteiger partial charge in [0, 0.05) is 29.2 Å². The number of carbonyl (C=O) groups is 2. The fourth-order valence-electron chi connectivity index (χ4n) is 3.35. The Morgan fingerprint density at radius 2 is 1.76 bits per heavy atom. The number of anilines is 2. The third-order valence-electron chi connectivity index (χ3n) is 4.96. The molecular weight excluding hydrogens is 466 g/mol. The number of nitrogens with one attached hydrogen (secondary N) is 2. The largest absolute Gasteiger partial charge is 0.450 e. The van der Waals surface area contributed by atoms with Crippen LogP contribution in [0.25, 0.3) is 10.1 Å². The van der Waals surface area contributed by atoms with E-state index in [1.165, 1.54) is 35.6 Å². The first-order chi connectivity index (χ1) is 15.9. The van der Waals surface area contributed by atoms with E-state index >= 15 is 0 Å². The predicted molar refractivity (Wildman–Crippen MR) is 126 cm³/mol. The summed E-state index contributed by atoms with van der Waals surface area (Å²) in [5.41, 5.74) is 0.809. The minimum atomic E-state index is -3.84. The predicted octanol–water partition coefficient (Wildman–Crippen LogP) is 3.74. The Kier molecular flexibility index (Phi) is 6.82. The fraction of sp³-hybridized carbons (Fsp3) is 0.273. The van der Waals surface area contributed by atoms with Crippen LogP contribution in [0.4, 0.5) is 16.2 Å². The number of hydrogen-bond donors (Lipinski definition) is 2. The van der Waals surface area contributed by atoms with Gasteiger partial charge in [-0.05, 0) is 60.8 Å². The molecule has 0 bridgehead atoms. The van der Waals surface area contributed by atoms with Gasteiger partial charge in [0.15, 0.2) is 0 Å². The second kappa shape index (κ2) is 9.77. The van der Waals surface area contributed by atoms with Gasteiger partial charge in [0.25, 0.3) is 15.9 Å². The summed E-state index contributed by atoms with van der Waals surface area (Å²) in [7, 11) is -3.84. The number of benzene rings is 2. The maximum absolute atomic E-state index is 12.8. The Morgan fingerprint density at radius 1 is 1.06 bits per heavy atom. The Labute approximate surface area is 195 Å². The molecule has 1 saturated heterocycles. The molecule has 1 aliphatic rings. The number of carbonyl (C=O) groups excluding carboxylic acids is 2. The first-order valence-corrected chi connectivity index (χ1v) is 12.6. The lowest BCUT2D eigenvalue weighted by Gasteiger charge is -2.26. The van der Waals surface area contributed by atoms with Gasteiger partial charge in [-0.2, -0.15) is 0 Å². The number of nitrogens with zero attached hydrogens (tertiary/aromatic N) is 1. The lowest BCUT2D eigenvalue weighted by Crippen LogP contribution is -2.40. The van der Waals surface area contributed by atoms with E-state index in [0.29, 0.717) is 42.6 Å². The highest BCUT2D eigenvalue weighted by Gasteiger charge is 2.21. The molecule has 0 aliphatic carbocycles. The van der Waals surface area contributed by atoms with Crippen molar-refractivity contribution in [3.05, 3.63) is 53.4 Å². The van der Waals surface area contributed by atoms with Crippen LogP contribution in [0.1, 0.15) is 16.6 Å². The number of morpholine rings is 1. The molecule has 1 aliphatic heterocycles. The molecule has 0 unspecified atom stereocenters. The lowest BCUT2D eigenvalue weighted by atomic mass is 10.2. The minimum Gasteiger partial charge on any atom is -0.450 e. The molecule has 2 amide bonds. The number of rotatable bonds is 6. The number of ether oxygens (including phenoxy) is 2. The zero-order chi connectivity index (χ0) is 23.4. The van der Waals surface area contributed by atoms with Crippen LogP contribution in [0.5, 0.6) is 0 Å². The van der Waals surface area contributed by atoms with Crippen molar-refractivity contribution >= 4 is 54.8 Å². The van der Waals surface area contributed by atoms with E-state index in [4.69, 9.17) is 9.47 Å². The van der Waals surface area contributed by atoms with Crippen LogP contribution >= 0.6 is 11.3 Å². The van der Waals surface area contributed by atoms with E-state index < -0.39 is 16.1 Å². The molecule has 33 heavy (non-hydrogen) atoms. The van der Waals surface area contributed by atoms with Gasteiger partial charge >= 0.3 is 6.09 Å². The van der Waals surface area contributed by atoms with Crippen LogP contribution in [-0.4, -0.2) is 58.2 Å². The van der Waals surface area contributed by atoms with Gasteiger partial charge in [-0.25, -0.2) is 13.2 Å². The number of amides is 2. The van der Waals surface area contributed by atoms with Gasteiger partial charge in [-0.1, -0.05) is 0 Å². The van der Waals surface area contributed by atoms with E-state index in [0.717, 1.165) is 10.1 Å². The molecule has 0 spiro atoms. The second-order valence-electron chi connectivity index (χ2n) is 7.24. The number of hydrogen-bond acceptors (Lipinski definition) is 7. The number of fused-ring (bicyclic) bond motifs is 1. The molecule has 2 aromatic carbocycles.